The van der Waals surface area contributed by atoms with Crippen molar-refractivity contribution in [3.63, 3.8) is 0 Å². The fourth-order valence-corrected chi connectivity index (χ4v) is 2.67. The van der Waals surface area contributed by atoms with Gasteiger partial charge in [-0.3, -0.25) is 19.6 Å². The first-order valence-electron chi connectivity index (χ1n) is 5.80. The maximum absolute atomic E-state index is 11.1. The van der Waals surface area contributed by atoms with E-state index < -0.39 is 0 Å². The zero-order valence-electron chi connectivity index (χ0n) is 10.0. The maximum Gasteiger partial charge on any atom is 0.234 e. The van der Waals surface area contributed by atoms with Crippen LogP contribution in [-0.2, 0) is 11.3 Å². The minimum absolute atomic E-state index is 0.152. The van der Waals surface area contributed by atoms with Crippen molar-refractivity contribution in [3.05, 3.63) is 16.6 Å². The number of hydrogen-bond acceptors (Lipinski definition) is 5. The lowest BCUT2D eigenvalue weighted by molar-refractivity contribution is -0.123. The normalized spacial score (nSPS) is 20.3. The number of nitrogens with two attached hydrogens (primary N) is 1. The lowest BCUT2D eigenvalue weighted by Crippen LogP contribution is -2.52. The largest absolute Gasteiger partial charge is 0.368 e. The summed E-state index contributed by atoms with van der Waals surface area (Å²) < 4.78 is 0. The Hall–Kier alpha value is -0.980. The second-order valence-electron chi connectivity index (χ2n) is 4.36. The van der Waals surface area contributed by atoms with Crippen molar-refractivity contribution in [2.45, 2.75) is 19.5 Å². The summed E-state index contributed by atoms with van der Waals surface area (Å²) in [6.45, 7) is 6.61. The van der Waals surface area contributed by atoms with E-state index in [1.165, 1.54) is 4.88 Å². The molecule has 1 saturated heterocycles. The molecular formula is C11H18N4OS. The van der Waals surface area contributed by atoms with E-state index in [1.807, 2.05) is 18.6 Å². The number of aromatic nitrogens is 1. The molecule has 0 saturated carbocycles. The quantitative estimate of drug-likeness (QED) is 0.830. The van der Waals surface area contributed by atoms with E-state index >= 15 is 0 Å². The fourth-order valence-electron chi connectivity index (χ4n) is 2.03. The minimum atomic E-state index is -0.235. The average molecular weight is 254 g/mol. The number of thiazole rings is 1. The van der Waals surface area contributed by atoms with E-state index in [4.69, 9.17) is 5.73 Å². The number of amides is 1. The van der Waals surface area contributed by atoms with Gasteiger partial charge in [-0.25, -0.2) is 0 Å². The van der Waals surface area contributed by atoms with Gasteiger partial charge in [-0.2, -0.15) is 0 Å². The zero-order chi connectivity index (χ0) is 12.3. The lowest BCUT2D eigenvalue weighted by atomic mass is 10.2. The number of primary amides is 1. The van der Waals surface area contributed by atoms with Gasteiger partial charge in [0.2, 0.25) is 5.91 Å². The Morgan fingerprint density at radius 1 is 1.53 bits per heavy atom. The first kappa shape index (κ1) is 12.5. The first-order chi connectivity index (χ1) is 8.16. The van der Waals surface area contributed by atoms with Crippen LogP contribution in [0, 0.1) is 0 Å². The van der Waals surface area contributed by atoms with E-state index in [2.05, 4.69) is 14.8 Å². The van der Waals surface area contributed by atoms with Gasteiger partial charge in [0.15, 0.2) is 0 Å². The standard InChI is InChI=1S/C11H18N4OS/c1-9(11(12)16)15-4-2-14(3-5-15)7-10-6-13-8-17-10/h6,8-9H,2-5,7H2,1H3,(H2,12,16). The molecule has 2 heterocycles. The molecule has 6 heteroatoms. The number of piperazine rings is 1. The van der Waals surface area contributed by atoms with Crippen LogP contribution in [0.5, 0.6) is 0 Å². The second-order valence-corrected chi connectivity index (χ2v) is 5.33. The molecule has 1 aromatic heterocycles. The minimum Gasteiger partial charge on any atom is -0.368 e. The van der Waals surface area contributed by atoms with E-state index in [-0.39, 0.29) is 11.9 Å². The molecule has 1 unspecified atom stereocenters. The molecule has 1 aliphatic rings. The summed E-state index contributed by atoms with van der Waals surface area (Å²) in [6, 6.07) is -0.152. The van der Waals surface area contributed by atoms with Gasteiger partial charge in [-0.1, -0.05) is 0 Å². The Balaban J connectivity index is 1.80. The highest BCUT2D eigenvalue weighted by molar-refractivity contribution is 7.09. The van der Waals surface area contributed by atoms with E-state index in [0.29, 0.717) is 0 Å². The van der Waals surface area contributed by atoms with Crippen LogP contribution < -0.4 is 5.73 Å². The third-order valence-corrected chi connectivity index (χ3v) is 3.99. The highest BCUT2D eigenvalue weighted by Crippen LogP contribution is 2.12. The van der Waals surface area contributed by atoms with Gasteiger partial charge < -0.3 is 5.73 Å². The summed E-state index contributed by atoms with van der Waals surface area (Å²) in [6.07, 6.45) is 1.92. The third-order valence-electron chi connectivity index (χ3n) is 3.23. The van der Waals surface area contributed by atoms with Crippen molar-refractivity contribution in [3.8, 4) is 0 Å². The summed E-state index contributed by atoms with van der Waals surface area (Å²) in [5.74, 6) is -0.235. The van der Waals surface area contributed by atoms with Gasteiger partial charge in [0.1, 0.15) is 0 Å². The molecule has 1 atom stereocenters. The molecule has 0 aliphatic carbocycles. The van der Waals surface area contributed by atoms with Crippen molar-refractivity contribution in [2.75, 3.05) is 26.2 Å². The molecular weight excluding hydrogens is 236 g/mol. The molecule has 1 amide bonds. The molecule has 94 valence electrons. The van der Waals surface area contributed by atoms with Crippen LogP contribution in [0.4, 0.5) is 0 Å². The van der Waals surface area contributed by atoms with Crippen LogP contribution in [0.1, 0.15) is 11.8 Å². The van der Waals surface area contributed by atoms with Gasteiger partial charge in [0, 0.05) is 43.8 Å². The summed E-state index contributed by atoms with van der Waals surface area (Å²) >= 11 is 1.69. The fraction of sp³-hybridized carbons (Fsp3) is 0.636. The Labute approximate surface area is 105 Å². The molecule has 1 aromatic rings. The van der Waals surface area contributed by atoms with Gasteiger partial charge in [-0.05, 0) is 6.92 Å². The number of carbonyl (C=O) groups excluding carboxylic acids is 1. The van der Waals surface area contributed by atoms with Crippen LogP contribution in [0.15, 0.2) is 11.7 Å². The third kappa shape index (κ3) is 3.24. The average Bonchev–Trinajstić information content (AvgIpc) is 2.82. The van der Waals surface area contributed by atoms with Crippen LogP contribution in [0.3, 0.4) is 0 Å². The molecule has 2 N–H and O–H groups in total. The molecule has 5 nitrogen and oxygen atoms in total. The molecule has 1 aliphatic heterocycles. The zero-order valence-corrected chi connectivity index (χ0v) is 10.8. The predicted octanol–water partition coefficient (Wildman–Crippen LogP) is 0.135. The Morgan fingerprint density at radius 3 is 2.76 bits per heavy atom. The van der Waals surface area contributed by atoms with Crippen molar-refractivity contribution in [1.82, 2.24) is 14.8 Å². The lowest BCUT2D eigenvalue weighted by Gasteiger charge is -2.36. The maximum atomic E-state index is 11.1. The summed E-state index contributed by atoms with van der Waals surface area (Å²) in [4.78, 5) is 21.0. The first-order valence-corrected chi connectivity index (χ1v) is 6.68. The monoisotopic (exact) mass is 254 g/mol. The molecule has 1 fully saturated rings. The Bertz CT molecular complexity index is 360. The number of carbonyl (C=O) groups is 1. The van der Waals surface area contributed by atoms with Crippen molar-refractivity contribution < 1.29 is 4.79 Å². The number of nitrogens with zero attached hydrogens (tertiary/aromatic N) is 3. The second kappa shape index (κ2) is 5.57. The molecule has 0 radical (unpaired) electrons. The predicted molar refractivity (Wildman–Crippen MR) is 67.6 cm³/mol. The summed E-state index contributed by atoms with van der Waals surface area (Å²) in [5.41, 5.74) is 7.17. The topological polar surface area (TPSA) is 62.5 Å². The SMILES string of the molecule is CC(C(N)=O)N1CCN(Cc2cncs2)CC1. The molecule has 2 rings (SSSR count). The van der Waals surface area contributed by atoms with Crippen LogP contribution in [0.2, 0.25) is 0 Å². The van der Waals surface area contributed by atoms with E-state index in [1.54, 1.807) is 11.3 Å². The smallest absolute Gasteiger partial charge is 0.234 e. The van der Waals surface area contributed by atoms with Gasteiger partial charge >= 0.3 is 0 Å². The van der Waals surface area contributed by atoms with E-state index in [9.17, 15) is 4.79 Å². The Kier molecular flexibility index (Phi) is 4.09. The number of hydrogen-bond donors (Lipinski definition) is 1. The van der Waals surface area contributed by atoms with Crippen LogP contribution in [0.25, 0.3) is 0 Å². The van der Waals surface area contributed by atoms with Gasteiger partial charge in [-0.15, -0.1) is 11.3 Å². The van der Waals surface area contributed by atoms with Crippen molar-refractivity contribution in [2.24, 2.45) is 5.73 Å². The highest BCUT2D eigenvalue weighted by atomic mass is 32.1. The van der Waals surface area contributed by atoms with Gasteiger partial charge in [0.25, 0.3) is 0 Å². The molecule has 17 heavy (non-hydrogen) atoms. The molecule has 0 spiro atoms. The van der Waals surface area contributed by atoms with Crippen molar-refractivity contribution >= 4 is 17.2 Å². The molecule has 0 bridgehead atoms. The van der Waals surface area contributed by atoms with E-state index in [0.717, 1.165) is 32.7 Å². The summed E-state index contributed by atoms with van der Waals surface area (Å²) in [5, 5.41) is 0. The van der Waals surface area contributed by atoms with Crippen LogP contribution in [-0.4, -0.2) is 52.9 Å². The van der Waals surface area contributed by atoms with Crippen LogP contribution >= 0.6 is 11.3 Å². The Morgan fingerprint density at radius 2 is 2.24 bits per heavy atom. The van der Waals surface area contributed by atoms with Crippen molar-refractivity contribution in [1.29, 1.82) is 0 Å². The van der Waals surface area contributed by atoms with Gasteiger partial charge in [0.05, 0.1) is 11.6 Å². The summed E-state index contributed by atoms with van der Waals surface area (Å²) in [7, 11) is 0. The highest BCUT2D eigenvalue weighted by Gasteiger charge is 2.23. The number of rotatable bonds is 4. The molecule has 0 aromatic carbocycles.